The van der Waals surface area contributed by atoms with Crippen LogP contribution in [0.4, 0.5) is 5.69 Å². The average molecular weight is 229 g/mol. The van der Waals surface area contributed by atoms with Gasteiger partial charge in [-0.3, -0.25) is 19.7 Å². The van der Waals surface area contributed by atoms with Crippen LogP contribution in [0.25, 0.3) is 0 Å². The molecule has 1 aromatic carbocycles. The van der Waals surface area contributed by atoms with Gasteiger partial charge in [0, 0.05) is 5.69 Å². The summed E-state index contributed by atoms with van der Waals surface area (Å²) in [5.74, 6) is -1.39. The van der Waals surface area contributed by atoms with Crippen molar-refractivity contribution in [1.29, 1.82) is 5.26 Å². The van der Waals surface area contributed by atoms with Crippen LogP contribution in [0.3, 0.4) is 0 Å². The maximum atomic E-state index is 11.3. The molecule has 17 heavy (non-hydrogen) atoms. The summed E-state index contributed by atoms with van der Waals surface area (Å²) in [5, 5.41) is 12.9. The number of amides is 3. The molecule has 0 spiro atoms. The first-order valence-electron chi connectivity index (χ1n) is 4.78. The number of rotatable bonds is 2. The quantitative estimate of drug-likeness (QED) is 0.718. The molecule has 0 saturated carbocycles. The third-order valence-electron chi connectivity index (χ3n) is 2.26. The van der Waals surface area contributed by atoms with Crippen LogP contribution >= 0.6 is 0 Å². The van der Waals surface area contributed by atoms with E-state index in [-0.39, 0.29) is 17.5 Å². The summed E-state index contributed by atoms with van der Waals surface area (Å²) >= 11 is 0. The molecule has 0 saturated heterocycles. The maximum absolute atomic E-state index is 11.3. The first kappa shape index (κ1) is 10.8. The Kier molecular flexibility index (Phi) is 2.58. The van der Waals surface area contributed by atoms with E-state index >= 15 is 0 Å². The second-order valence-electron chi connectivity index (χ2n) is 3.43. The molecule has 1 heterocycles. The number of carbonyl (C=O) groups is 3. The van der Waals surface area contributed by atoms with Crippen LogP contribution in [0.15, 0.2) is 18.2 Å². The van der Waals surface area contributed by atoms with E-state index in [2.05, 4.69) is 10.6 Å². The van der Waals surface area contributed by atoms with Crippen LogP contribution in [-0.4, -0.2) is 17.7 Å². The van der Waals surface area contributed by atoms with Crippen molar-refractivity contribution < 1.29 is 14.4 Å². The lowest BCUT2D eigenvalue weighted by molar-refractivity contribution is -0.115. The second kappa shape index (κ2) is 4.06. The van der Waals surface area contributed by atoms with Gasteiger partial charge < -0.3 is 5.32 Å². The third-order valence-corrected chi connectivity index (χ3v) is 2.26. The summed E-state index contributed by atoms with van der Waals surface area (Å²) in [6.07, 6.45) is -0.262. The molecule has 2 rings (SSSR count). The Bertz CT molecular complexity index is 572. The van der Waals surface area contributed by atoms with Gasteiger partial charge in [0.05, 0.1) is 17.2 Å². The summed E-state index contributed by atoms with van der Waals surface area (Å²) in [5.41, 5.74) is 0.895. The monoisotopic (exact) mass is 229 g/mol. The van der Waals surface area contributed by atoms with Gasteiger partial charge in [-0.1, -0.05) is 0 Å². The molecular formula is C11H7N3O3. The van der Waals surface area contributed by atoms with Gasteiger partial charge in [0.1, 0.15) is 6.42 Å². The Hall–Kier alpha value is -2.68. The van der Waals surface area contributed by atoms with Gasteiger partial charge in [-0.15, -0.1) is 0 Å². The molecule has 6 nitrogen and oxygen atoms in total. The molecule has 0 fully saturated rings. The van der Waals surface area contributed by atoms with E-state index in [1.807, 2.05) is 0 Å². The van der Waals surface area contributed by atoms with Crippen molar-refractivity contribution in [3.05, 3.63) is 29.3 Å². The molecule has 0 bridgehead atoms. The molecule has 0 aromatic heterocycles. The van der Waals surface area contributed by atoms with Gasteiger partial charge in [-0.2, -0.15) is 5.26 Å². The highest BCUT2D eigenvalue weighted by atomic mass is 16.2. The van der Waals surface area contributed by atoms with Crippen molar-refractivity contribution in [2.24, 2.45) is 0 Å². The number of anilines is 1. The molecule has 1 aliphatic rings. The first-order valence-corrected chi connectivity index (χ1v) is 4.78. The number of nitrogens with zero attached hydrogens (tertiary/aromatic N) is 1. The van der Waals surface area contributed by atoms with Crippen LogP contribution in [0.2, 0.25) is 0 Å². The summed E-state index contributed by atoms with van der Waals surface area (Å²) in [4.78, 5) is 33.7. The van der Waals surface area contributed by atoms with Crippen LogP contribution in [0, 0.1) is 11.3 Å². The van der Waals surface area contributed by atoms with E-state index in [1.54, 1.807) is 6.07 Å². The zero-order valence-electron chi connectivity index (χ0n) is 8.61. The Morgan fingerprint density at radius 1 is 1.29 bits per heavy atom. The van der Waals surface area contributed by atoms with E-state index in [0.717, 1.165) is 0 Å². The Balaban J connectivity index is 2.26. The Morgan fingerprint density at radius 2 is 2.00 bits per heavy atom. The van der Waals surface area contributed by atoms with Crippen molar-refractivity contribution in [1.82, 2.24) is 5.32 Å². The Labute approximate surface area is 96.2 Å². The predicted molar refractivity (Wildman–Crippen MR) is 57.1 cm³/mol. The van der Waals surface area contributed by atoms with Crippen LogP contribution < -0.4 is 10.6 Å². The molecule has 6 heteroatoms. The van der Waals surface area contributed by atoms with Gasteiger partial charge in [-0.25, -0.2) is 0 Å². The summed E-state index contributed by atoms with van der Waals surface area (Å²) in [6.45, 7) is 0. The minimum Gasteiger partial charge on any atom is -0.325 e. The second-order valence-corrected chi connectivity index (χ2v) is 3.43. The van der Waals surface area contributed by atoms with Crippen molar-refractivity contribution in [2.75, 3.05) is 5.32 Å². The molecule has 3 amide bonds. The molecule has 1 aliphatic heterocycles. The third kappa shape index (κ3) is 1.99. The van der Waals surface area contributed by atoms with Crippen LogP contribution in [-0.2, 0) is 4.79 Å². The van der Waals surface area contributed by atoms with Crippen molar-refractivity contribution >= 4 is 23.4 Å². The largest absolute Gasteiger partial charge is 0.325 e. The van der Waals surface area contributed by atoms with Gasteiger partial charge in [-0.05, 0) is 18.2 Å². The van der Waals surface area contributed by atoms with E-state index in [4.69, 9.17) is 5.26 Å². The fourth-order valence-corrected chi connectivity index (χ4v) is 1.52. The normalized spacial score (nSPS) is 12.6. The maximum Gasteiger partial charge on any atom is 0.259 e. The van der Waals surface area contributed by atoms with Gasteiger partial charge in [0.15, 0.2) is 0 Å². The van der Waals surface area contributed by atoms with E-state index in [1.165, 1.54) is 18.2 Å². The van der Waals surface area contributed by atoms with E-state index < -0.39 is 17.7 Å². The minimum atomic E-state index is -0.485. The molecule has 1 aromatic rings. The standard InChI is InChI=1S/C11H7N3O3/c12-4-3-9(15)13-6-1-2-7-8(5-6)11(17)14-10(7)16/h1-2,5H,3H2,(H,13,15)(H,14,16,17). The molecule has 84 valence electrons. The molecule has 0 atom stereocenters. The zero-order valence-corrected chi connectivity index (χ0v) is 8.61. The molecule has 2 N–H and O–H groups in total. The average Bonchev–Trinajstić information content (AvgIpc) is 2.55. The van der Waals surface area contributed by atoms with Gasteiger partial charge in [0.25, 0.3) is 11.8 Å². The highest BCUT2D eigenvalue weighted by Crippen LogP contribution is 2.20. The SMILES string of the molecule is N#CCC(=O)Nc1ccc2c(c1)C(=O)NC2=O. The van der Waals surface area contributed by atoms with E-state index in [0.29, 0.717) is 5.69 Å². The van der Waals surface area contributed by atoms with Crippen LogP contribution in [0.1, 0.15) is 27.1 Å². The van der Waals surface area contributed by atoms with Gasteiger partial charge >= 0.3 is 0 Å². The summed E-state index contributed by atoms with van der Waals surface area (Å²) < 4.78 is 0. The molecule has 0 radical (unpaired) electrons. The number of nitrogens with one attached hydrogen (secondary N) is 2. The number of fused-ring (bicyclic) bond motifs is 1. The lowest BCUT2D eigenvalue weighted by Gasteiger charge is -2.03. The first-order chi connectivity index (χ1) is 8.11. The molecule has 0 unspecified atom stereocenters. The molecular weight excluding hydrogens is 222 g/mol. The predicted octanol–water partition coefficient (Wildman–Crippen LogP) is 0.422. The smallest absolute Gasteiger partial charge is 0.259 e. The lowest BCUT2D eigenvalue weighted by atomic mass is 10.1. The van der Waals surface area contributed by atoms with Crippen LogP contribution in [0.5, 0.6) is 0 Å². The van der Waals surface area contributed by atoms with Crippen molar-refractivity contribution in [3.8, 4) is 6.07 Å². The number of hydrogen-bond donors (Lipinski definition) is 2. The van der Waals surface area contributed by atoms with Gasteiger partial charge in [0.2, 0.25) is 5.91 Å². The van der Waals surface area contributed by atoms with Crippen molar-refractivity contribution in [2.45, 2.75) is 6.42 Å². The lowest BCUT2D eigenvalue weighted by Crippen LogP contribution is -2.19. The Morgan fingerprint density at radius 3 is 2.71 bits per heavy atom. The van der Waals surface area contributed by atoms with E-state index in [9.17, 15) is 14.4 Å². The number of benzene rings is 1. The number of hydrogen-bond acceptors (Lipinski definition) is 4. The highest BCUT2D eigenvalue weighted by Gasteiger charge is 2.26. The number of carbonyl (C=O) groups excluding carboxylic acids is 3. The number of imide groups is 1. The summed E-state index contributed by atoms with van der Waals surface area (Å²) in [7, 11) is 0. The number of nitriles is 1. The summed E-state index contributed by atoms with van der Waals surface area (Å²) in [6, 6.07) is 6.08. The fraction of sp³-hybridized carbons (Fsp3) is 0.0909. The molecule has 0 aliphatic carbocycles. The van der Waals surface area contributed by atoms with Crippen molar-refractivity contribution in [3.63, 3.8) is 0 Å². The fourth-order valence-electron chi connectivity index (χ4n) is 1.52. The highest BCUT2D eigenvalue weighted by molar-refractivity contribution is 6.22. The zero-order chi connectivity index (χ0) is 12.4. The minimum absolute atomic E-state index is 0.227. The topological polar surface area (TPSA) is 99.1 Å².